The number of azo groups is 3. The monoisotopic (exact) mass is 875 g/mol. The molecule has 0 aromatic heterocycles. The summed E-state index contributed by atoms with van der Waals surface area (Å²) in [5.41, 5.74) is 10.8. The van der Waals surface area contributed by atoms with E-state index in [0.29, 0.717) is 56.6 Å². The third kappa shape index (κ3) is 9.22. The number of ether oxygens (including phenoxy) is 2. The maximum Gasteiger partial charge on any atom is 0.269 e. The molecule has 0 saturated carbocycles. The molecule has 8 aromatic carbocycles. The van der Waals surface area contributed by atoms with E-state index in [0.717, 1.165) is 60.7 Å². The van der Waals surface area contributed by atoms with Gasteiger partial charge < -0.3 is 19.7 Å². The van der Waals surface area contributed by atoms with Crippen molar-refractivity contribution < 1.29 is 24.6 Å². The van der Waals surface area contributed by atoms with Gasteiger partial charge in [-0.3, -0.25) is 10.1 Å². The molecule has 0 aliphatic carbocycles. The van der Waals surface area contributed by atoms with E-state index < -0.39 is 4.92 Å². The number of phenols is 2. The molecule has 0 radical (unpaired) electrons. The summed E-state index contributed by atoms with van der Waals surface area (Å²) in [5.74, 6) is 1.01. The molecule has 0 heterocycles. The summed E-state index contributed by atoms with van der Waals surface area (Å²) >= 11 is 0. The van der Waals surface area contributed by atoms with Crippen LogP contribution in [0.25, 0.3) is 44.8 Å². The van der Waals surface area contributed by atoms with Crippen molar-refractivity contribution in [1.82, 2.24) is 0 Å². The Bertz CT molecular complexity index is 3360. The Balaban J connectivity index is 0.993. The number of hydrogen-bond acceptors (Lipinski definition) is 12. The lowest BCUT2D eigenvalue weighted by molar-refractivity contribution is -0.384. The van der Waals surface area contributed by atoms with Gasteiger partial charge in [0.2, 0.25) is 0 Å². The predicted molar refractivity (Wildman–Crippen MR) is 261 cm³/mol. The van der Waals surface area contributed by atoms with Crippen LogP contribution >= 0.6 is 0 Å². The molecule has 8 aromatic rings. The van der Waals surface area contributed by atoms with Crippen molar-refractivity contribution in [3.05, 3.63) is 170 Å². The maximum atomic E-state index is 11.5. The average Bonchev–Trinajstić information content (AvgIpc) is 3.31. The Morgan fingerprint density at radius 3 is 1.71 bits per heavy atom. The lowest BCUT2D eigenvalue weighted by Gasteiger charge is -2.11. The average molecular weight is 876 g/mol. The minimum atomic E-state index is -0.397. The fourth-order valence-electron chi connectivity index (χ4n) is 7.67. The number of nitro groups is 1. The number of nitrogens with zero attached hydrogens (tertiary/aromatic N) is 7. The number of methoxy groups -OCH3 is 2. The second-order valence-corrected chi connectivity index (χ2v) is 16.0. The van der Waals surface area contributed by atoms with Gasteiger partial charge >= 0.3 is 0 Å². The van der Waals surface area contributed by atoms with Crippen LogP contribution in [0.15, 0.2) is 152 Å². The molecule has 0 saturated heterocycles. The molecule has 66 heavy (non-hydrogen) atoms. The topological polar surface area (TPSA) is 176 Å². The summed E-state index contributed by atoms with van der Waals surface area (Å²) in [6.45, 7) is 9.54. The minimum Gasteiger partial charge on any atom is -0.505 e. The van der Waals surface area contributed by atoms with Crippen molar-refractivity contribution in [3.63, 3.8) is 0 Å². The van der Waals surface area contributed by atoms with Crippen molar-refractivity contribution >= 4 is 73.5 Å². The van der Waals surface area contributed by atoms with Crippen molar-refractivity contribution in [2.75, 3.05) is 14.2 Å². The normalized spacial score (nSPS) is 11.9. The molecule has 0 aliphatic rings. The second-order valence-electron chi connectivity index (χ2n) is 16.0. The molecular weight excluding hydrogens is 831 g/mol. The van der Waals surface area contributed by atoms with Crippen molar-refractivity contribution in [3.8, 4) is 34.1 Å². The van der Waals surface area contributed by atoms with E-state index in [-0.39, 0.29) is 17.2 Å². The Hall–Kier alpha value is -8.58. The molecule has 0 amide bonds. The standard InChI is InChI=1S/C53H45N7O6/c1-30-8-19-44-40(22-30)24-34(5)52(61)51(44)59-55-42-17-12-39-23-33(4)50(53(62)45(39)29-42)58-57-47-21-15-38(28-49(47)66-7)37-14-20-46(48(27-37)65-6)56-54-41-16-11-35(31(2)25-41)9-10-36-13-18-43(60(63)64)26-32(36)3/h8-29,61-62H,1-7H3. The van der Waals surface area contributed by atoms with Gasteiger partial charge in [-0.05, 0) is 157 Å². The molecule has 0 fully saturated rings. The molecule has 2 N–H and O–H groups in total. The van der Waals surface area contributed by atoms with Gasteiger partial charge in [0.05, 0.1) is 30.5 Å². The first-order valence-electron chi connectivity index (χ1n) is 20.9. The van der Waals surface area contributed by atoms with Gasteiger partial charge in [-0.1, -0.05) is 60.2 Å². The van der Waals surface area contributed by atoms with E-state index in [1.165, 1.54) is 6.07 Å². The fourth-order valence-corrected chi connectivity index (χ4v) is 7.67. The summed E-state index contributed by atoms with van der Waals surface area (Å²) in [6.07, 6.45) is 3.91. The number of rotatable bonds is 12. The highest BCUT2D eigenvalue weighted by Gasteiger charge is 2.15. The lowest BCUT2D eigenvalue weighted by atomic mass is 10.0. The van der Waals surface area contributed by atoms with Crippen molar-refractivity contribution in [2.45, 2.75) is 34.6 Å². The first-order chi connectivity index (χ1) is 31.8. The Labute approximate surface area is 380 Å². The summed E-state index contributed by atoms with van der Waals surface area (Å²) in [4.78, 5) is 10.7. The van der Waals surface area contributed by atoms with Crippen LogP contribution in [0, 0.1) is 44.7 Å². The molecule has 13 nitrogen and oxygen atoms in total. The van der Waals surface area contributed by atoms with E-state index in [2.05, 4.69) is 30.7 Å². The number of benzene rings is 8. The molecule has 13 heteroatoms. The zero-order valence-corrected chi connectivity index (χ0v) is 37.4. The summed E-state index contributed by atoms with van der Waals surface area (Å²) < 4.78 is 11.5. The number of non-ortho nitro benzene ring substituents is 1. The molecule has 0 spiro atoms. The number of aromatic hydroxyl groups is 2. The van der Waals surface area contributed by atoms with Crippen LogP contribution < -0.4 is 9.47 Å². The number of fused-ring (bicyclic) bond motifs is 2. The zero-order valence-electron chi connectivity index (χ0n) is 37.4. The van der Waals surface area contributed by atoms with Gasteiger partial charge in [0.1, 0.15) is 40.0 Å². The first kappa shape index (κ1) is 44.0. The largest absolute Gasteiger partial charge is 0.505 e. The summed E-state index contributed by atoms with van der Waals surface area (Å²) in [6, 6.07) is 36.9. The summed E-state index contributed by atoms with van der Waals surface area (Å²) in [7, 11) is 3.14. The van der Waals surface area contributed by atoms with Gasteiger partial charge in [0, 0.05) is 22.9 Å². The summed E-state index contributed by atoms with van der Waals surface area (Å²) in [5, 5.41) is 63.5. The van der Waals surface area contributed by atoms with Crippen LogP contribution in [-0.4, -0.2) is 29.4 Å². The van der Waals surface area contributed by atoms with Gasteiger partial charge in [0.25, 0.3) is 5.69 Å². The van der Waals surface area contributed by atoms with E-state index in [1.54, 1.807) is 44.6 Å². The SMILES string of the molecule is COc1cc(-c2ccc(N=Nc3c(C)cc4ccc(N=Nc5c(O)c(C)cc6cc(C)ccc56)cc4c3O)c(OC)c2)ccc1N=Nc1ccc(C=Cc2ccc([N+](=O)[O-])cc2C)c(C)c1. The second kappa shape index (κ2) is 18.6. The molecular formula is C53H45N7O6. The Kier molecular flexibility index (Phi) is 12.4. The minimum absolute atomic E-state index is 0.0544. The van der Waals surface area contributed by atoms with Crippen LogP contribution in [0.5, 0.6) is 23.0 Å². The highest BCUT2D eigenvalue weighted by Crippen LogP contribution is 2.44. The lowest BCUT2D eigenvalue weighted by Crippen LogP contribution is -1.89. The van der Waals surface area contributed by atoms with Crippen LogP contribution in [0.2, 0.25) is 0 Å². The smallest absolute Gasteiger partial charge is 0.269 e. The zero-order chi connectivity index (χ0) is 46.6. The van der Waals surface area contributed by atoms with Crippen LogP contribution in [0.4, 0.5) is 39.8 Å². The van der Waals surface area contributed by atoms with Crippen LogP contribution in [-0.2, 0) is 0 Å². The molecule has 0 bridgehead atoms. The van der Waals surface area contributed by atoms with E-state index in [1.807, 2.05) is 132 Å². The third-order valence-corrected chi connectivity index (χ3v) is 11.3. The van der Waals surface area contributed by atoms with Gasteiger partial charge in [-0.25, -0.2) is 0 Å². The fraction of sp³-hybridized carbons (Fsp3) is 0.132. The molecule has 328 valence electrons. The van der Waals surface area contributed by atoms with Crippen LogP contribution in [0.1, 0.15) is 38.9 Å². The molecule has 0 aliphatic heterocycles. The van der Waals surface area contributed by atoms with Crippen molar-refractivity contribution in [1.29, 1.82) is 0 Å². The molecule has 8 rings (SSSR count). The van der Waals surface area contributed by atoms with E-state index in [9.17, 15) is 20.3 Å². The maximum absolute atomic E-state index is 11.5. The quantitative estimate of drug-likeness (QED) is 0.0534. The highest BCUT2D eigenvalue weighted by atomic mass is 16.6. The van der Waals surface area contributed by atoms with Gasteiger partial charge in [-0.15, -0.1) is 20.5 Å². The number of phenolic OH excluding ortho intramolecular Hbond substituents is 2. The molecule has 0 unspecified atom stereocenters. The number of aryl methyl sites for hydroxylation is 5. The highest BCUT2D eigenvalue weighted by molar-refractivity contribution is 5.97. The third-order valence-electron chi connectivity index (χ3n) is 11.3. The van der Waals surface area contributed by atoms with Crippen molar-refractivity contribution in [2.24, 2.45) is 30.7 Å². The Morgan fingerprint density at radius 2 is 1.08 bits per heavy atom. The first-order valence-corrected chi connectivity index (χ1v) is 20.9. The number of nitro benzene ring substituents is 1. The van der Waals surface area contributed by atoms with Gasteiger partial charge in [-0.2, -0.15) is 10.2 Å². The van der Waals surface area contributed by atoms with Crippen LogP contribution in [0.3, 0.4) is 0 Å². The van der Waals surface area contributed by atoms with Gasteiger partial charge in [0.15, 0.2) is 5.75 Å². The van der Waals surface area contributed by atoms with E-state index >= 15 is 0 Å². The number of hydrogen-bond donors (Lipinski definition) is 2. The molecule has 0 atom stereocenters. The Morgan fingerprint density at radius 1 is 0.500 bits per heavy atom. The van der Waals surface area contributed by atoms with E-state index in [4.69, 9.17) is 9.47 Å². The predicted octanol–water partition coefficient (Wildman–Crippen LogP) is 16.0.